The van der Waals surface area contributed by atoms with Crippen molar-refractivity contribution in [3.05, 3.63) is 40.3 Å². The predicted molar refractivity (Wildman–Crippen MR) is 96.0 cm³/mol. The number of aryl methyl sites for hydroxylation is 1. The van der Waals surface area contributed by atoms with E-state index in [1.807, 2.05) is 17.3 Å². The van der Waals surface area contributed by atoms with Gasteiger partial charge < -0.3 is 5.32 Å². The second kappa shape index (κ2) is 7.87. The first-order valence-electron chi connectivity index (χ1n) is 7.49. The van der Waals surface area contributed by atoms with Gasteiger partial charge in [0.2, 0.25) is 5.91 Å². The van der Waals surface area contributed by atoms with Gasteiger partial charge in [-0.3, -0.25) is 9.69 Å². The summed E-state index contributed by atoms with van der Waals surface area (Å²) in [6, 6.07) is 6.14. The van der Waals surface area contributed by atoms with Crippen LogP contribution in [0.1, 0.15) is 17.6 Å². The zero-order valence-electron chi connectivity index (χ0n) is 13.9. The number of rotatable bonds is 7. The molecule has 0 fully saturated rings. The molecule has 0 atom stereocenters. The molecule has 0 unspecified atom stereocenters. The van der Waals surface area contributed by atoms with E-state index in [4.69, 9.17) is 0 Å². The third-order valence-corrected chi connectivity index (χ3v) is 5.48. The van der Waals surface area contributed by atoms with Crippen LogP contribution in [-0.4, -0.2) is 44.1 Å². The summed E-state index contributed by atoms with van der Waals surface area (Å²) >= 11 is 1.63. The fourth-order valence-corrected chi connectivity index (χ4v) is 3.51. The lowest BCUT2D eigenvalue weighted by Crippen LogP contribution is -2.29. The van der Waals surface area contributed by atoms with Gasteiger partial charge in [0.15, 0.2) is 9.84 Å². The van der Waals surface area contributed by atoms with Gasteiger partial charge in [-0.2, -0.15) is 0 Å². The number of carbonyl (C=O) groups is 1. The van der Waals surface area contributed by atoms with Crippen LogP contribution in [0.15, 0.2) is 34.5 Å². The highest BCUT2D eigenvalue weighted by atomic mass is 32.2. The molecule has 2 aromatic rings. The molecular formula is C16H21N3O3S2. The fraction of sp³-hybridized carbons (Fsp3) is 0.375. The molecule has 0 aliphatic rings. The maximum Gasteiger partial charge on any atom is 0.238 e. The molecule has 1 N–H and O–H groups in total. The molecule has 0 saturated heterocycles. The number of hydrogen-bond donors (Lipinski definition) is 1. The molecule has 0 spiro atoms. The molecule has 0 aliphatic heterocycles. The largest absolute Gasteiger partial charge is 0.325 e. The van der Waals surface area contributed by atoms with Gasteiger partial charge in [-0.05, 0) is 37.7 Å². The number of carbonyl (C=O) groups excluding carboxylic acids is 1. The van der Waals surface area contributed by atoms with E-state index in [9.17, 15) is 13.2 Å². The molecule has 24 heavy (non-hydrogen) atoms. The number of benzene rings is 1. The third-order valence-electron chi connectivity index (χ3n) is 3.31. The summed E-state index contributed by atoms with van der Waals surface area (Å²) in [6.45, 7) is 2.90. The molecule has 1 amide bonds. The highest BCUT2D eigenvalue weighted by Crippen LogP contribution is 2.14. The Morgan fingerprint density at radius 2 is 1.96 bits per heavy atom. The first kappa shape index (κ1) is 18.6. The molecule has 1 heterocycles. The van der Waals surface area contributed by atoms with Crippen molar-refractivity contribution in [2.45, 2.75) is 24.8 Å². The highest BCUT2D eigenvalue weighted by molar-refractivity contribution is 7.90. The van der Waals surface area contributed by atoms with Crippen LogP contribution in [0.3, 0.4) is 0 Å². The fourth-order valence-electron chi connectivity index (χ4n) is 2.15. The van der Waals surface area contributed by atoms with Crippen molar-refractivity contribution in [3.63, 3.8) is 0 Å². The first-order chi connectivity index (χ1) is 11.3. The van der Waals surface area contributed by atoms with E-state index in [0.29, 0.717) is 12.2 Å². The Morgan fingerprint density at radius 3 is 2.50 bits per heavy atom. The van der Waals surface area contributed by atoms with E-state index in [1.54, 1.807) is 23.5 Å². The van der Waals surface area contributed by atoms with Crippen LogP contribution in [0.4, 0.5) is 5.69 Å². The van der Waals surface area contributed by atoms with Gasteiger partial charge in [-0.15, -0.1) is 11.3 Å². The van der Waals surface area contributed by atoms with Crippen LogP contribution >= 0.6 is 11.3 Å². The summed E-state index contributed by atoms with van der Waals surface area (Å²) in [5.74, 6) is -0.157. The number of aromatic nitrogens is 1. The molecule has 8 heteroatoms. The summed E-state index contributed by atoms with van der Waals surface area (Å²) in [7, 11) is -1.37. The highest BCUT2D eigenvalue weighted by Gasteiger charge is 2.11. The molecule has 0 saturated carbocycles. The van der Waals surface area contributed by atoms with Crippen molar-refractivity contribution < 1.29 is 13.2 Å². The zero-order valence-corrected chi connectivity index (χ0v) is 15.6. The number of hydrogen-bond acceptors (Lipinski definition) is 6. The molecule has 1 aromatic carbocycles. The molecular weight excluding hydrogens is 346 g/mol. The van der Waals surface area contributed by atoms with Crippen LogP contribution in [0.2, 0.25) is 0 Å². The second-order valence-electron chi connectivity index (χ2n) is 5.60. The van der Waals surface area contributed by atoms with Crippen molar-refractivity contribution >= 4 is 32.8 Å². The lowest BCUT2D eigenvalue weighted by Gasteiger charge is -2.15. The number of nitrogens with zero attached hydrogens (tertiary/aromatic N) is 2. The summed E-state index contributed by atoms with van der Waals surface area (Å²) in [6.07, 6.45) is 2.07. The maximum absolute atomic E-state index is 12.1. The van der Waals surface area contributed by atoms with Crippen molar-refractivity contribution in [1.82, 2.24) is 9.88 Å². The van der Waals surface area contributed by atoms with Gasteiger partial charge in [-0.1, -0.05) is 6.92 Å². The van der Waals surface area contributed by atoms with Crippen LogP contribution in [0.25, 0.3) is 0 Å². The molecule has 6 nitrogen and oxygen atoms in total. The lowest BCUT2D eigenvalue weighted by molar-refractivity contribution is -0.117. The standard InChI is InChI=1S/C16H21N3O3S2/c1-4-16-18-13(11-23-16)9-19(2)10-15(20)17-12-5-7-14(8-6-12)24(3,21)22/h5-8,11H,4,9-10H2,1-3H3,(H,17,20). The molecule has 130 valence electrons. The van der Waals surface area contributed by atoms with E-state index in [2.05, 4.69) is 17.2 Å². The summed E-state index contributed by atoms with van der Waals surface area (Å²) in [5, 5.41) is 5.86. The van der Waals surface area contributed by atoms with E-state index in [-0.39, 0.29) is 17.3 Å². The quantitative estimate of drug-likeness (QED) is 0.811. The van der Waals surface area contributed by atoms with Gasteiger partial charge in [0.05, 0.1) is 22.1 Å². The molecule has 0 aliphatic carbocycles. The third kappa shape index (κ3) is 5.40. The number of sulfone groups is 1. The minimum absolute atomic E-state index is 0.157. The maximum atomic E-state index is 12.1. The van der Waals surface area contributed by atoms with Gasteiger partial charge in [0, 0.05) is 23.9 Å². The molecule has 0 bridgehead atoms. The van der Waals surface area contributed by atoms with E-state index >= 15 is 0 Å². The molecule has 1 aromatic heterocycles. The van der Waals surface area contributed by atoms with Crippen LogP contribution in [-0.2, 0) is 27.6 Å². The van der Waals surface area contributed by atoms with Crippen LogP contribution < -0.4 is 5.32 Å². The van der Waals surface area contributed by atoms with Gasteiger partial charge >= 0.3 is 0 Å². The number of amides is 1. The molecule has 0 radical (unpaired) electrons. The van der Waals surface area contributed by atoms with Crippen LogP contribution in [0.5, 0.6) is 0 Å². The Balaban J connectivity index is 1.88. The van der Waals surface area contributed by atoms with Gasteiger partial charge in [0.1, 0.15) is 0 Å². The number of nitrogens with one attached hydrogen (secondary N) is 1. The van der Waals surface area contributed by atoms with Gasteiger partial charge in [0.25, 0.3) is 0 Å². The summed E-state index contributed by atoms with van der Waals surface area (Å²) in [5.41, 5.74) is 1.53. The van der Waals surface area contributed by atoms with Crippen molar-refractivity contribution in [2.75, 3.05) is 25.2 Å². The van der Waals surface area contributed by atoms with Crippen LogP contribution in [0, 0.1) is 0 Å². The first-order valence-corrected chi connectivity index (χ1v) is 10.3. The Kier molecular flexibility index (Phi) is 6.09. The Labute approximate surface area is 146 Å². The normalized spacial score (nSPS) is 11.7. The average Bonchev–Trinajstić information content (AvgIpc) is 2.94. The number of anilines is 1. The summed E-state index contributed by atoms with van der Waals surface area (Å²) in [4.78, 5) is 18.7. The Morgan fingerprint density at radius 1 is 1.29 bits per heavy atom. The smallest absolute Gasteiger partial charge is 0.238 e. The van der Waals surface area contributed by atoms with Gasteiger partial charge in [-0.25, -0.2) is 13.4 Å². The van der Waals surface area contributed by atoms with E-state index in [1.165, 1.54) is 12.1 Å². The lowest BCUT2D eigenvalue weighted by atomic mass is 10.3. The number of thiazole rings is 1. The minimum Gasteiger partial charge on any atom is -0.325 e. The predicted octanol–water partition coefficient (Wildman–Crippen LogP) is 2.18. The van der Waals surface area contributed by atoms with E-state index < -0.39 is 9.84 Å². The average molecular weight is 367 g/mol. The Bertz CT molecular complexity index is 798. The molecule has 2 rings (SSSR count). The summed E-state index contributed by atoms with van der Waals surface area (Å²) < 4.78 is 22.8. The van der Waals surface area contributed by atoms with Crippen molar-refractivity contribution in [3.8, 4) is 0 Å². The van der Waals surface area contributed by atoms with E-state index in [0.717, 1.165) is 23.4 Å². The topological polar surface area (TPSA) is 79.4 Å². The second-order valence-corrected chi connectivity index (χ2v) is 8.56. The SMILES string of the molecule is CCc1nc(CN(C)CC(=O)Nc2ccc(S(C)(=O)=O)cc2)cs1. The van der Waals surface area contributed by atoms with Crippen molar-refractivity contribution in [2.24, 2.45) is 0 Å². The van der Waals surface area contributed by atoms with Crippen molar-refractivity contribution in [1.29, 1.82) is 0 Å². The zero-order chi connectivity index (χ0) is 17.7. The Hall–Kier alpha value is -1.77. The minimum atomic E-state index is -3.23. The number of likely N-dealkylation sites (N-methyl/N-ethyl adjacent to an activating group) is 1. The monoisotopic (exact) mass is 367 g/mol.